The Hall–Kier alpha value is -1.20. The molecular weight excluding hydrogens is 365 g/mol. The molecule has 0 aliphatic carbocycles. The van der Waals surface area contributed by atoms with E-state index in [2.05, 4.69) is 37.5 Å². The molecule has 4 N–H and O–H groups in total. The first kappa shape index (κ1) is 12.8. The summed E-state index contributed by atoms with van der Waals surface area (Å²) in [5.41, 5.74) is 5.73. The number of anilines is 1. The molecule has 1 saturated heterocycles. The summed E-state index contributed by atoms with van der Waals surface area (Å²) in [5.74, 6) is 0.0308. The van der Waals surface area contributed by atoms with Gasteiger partial charge in [0, 0.05) is 10.8 Å². The Morgan fingerprint density at radius 1 is 1.68 bits per heavy atom. The highest BCUT2D eigenvalue weighted by Crippen LogP contribution is 2.31. The molecule has 1 aliphatic heterocycles. The smallest absolute Gasteiger partial charge is 0.280 e. The van der Waals surface area contributed by atoms with Crippen LogP contribution in [0.15, 0.2) is 11.1 Å². The maximum Gasteiger partial charge on any atom is 0.280 e. The van der Waals surface area contributed by atoms with E-state index in [4.69, 9.17) is 10.5 Å². The summed E-state index contributed by atoms with van der Waals surface area (Å²) in [6.45, 7) is 0. The summed E-state index contributed by atoms with van der Waals surface area (Å²) in [5, 5.41) is 9.86. The first-order chi connectivity index (χ1) is 9.10. The third-order valence-electron chi connectivity index (χ3n) is 3.12. The summed E-state index contributed by atoms with van der Waals surface area (Å²) >= 11 is 2.16. The first-order valence-corrected chi connectivity index (χ1v) is 7.24. The number of nitrogen functional groups attached to an aromatic ring is 1. The fourth-order valence-corrected chi connectivity index (χ4v) is 2.97. The molecule has 3 heterocycles. The zero-order valence-electron chi connectivity index (χ0n) is 9.78. The van der Waals surface area contributed by atoms with Crippen LogP contribution in [0.5, 0.6) is 0 Å². The van der Waals surface area contributed by atoms with E-state index in [1.54, 1.807) is 4.57 Å². The lowest BCUT2D eigenvalue weighted by Gasteiger charge is -2.13. The van der Waals surface area contributed by atoms with Crippen molar-refractivity contribution in [3.05, 3.63) is 16.7 Å². The van der Waals surface area contributed by atoms with Crippen LogP contribution in [0, 0.1) is 0 Å². The SMILES string of the molecule is Nc1nc2c(ncn2[C@H]2C[C@H](O)[C@@H](CI)O2)c(=O)[nH]1. The van der Waals surface area contributed by atoms with Gasteiger partial charge in [0.2, 0.25) is 5.95 Å². The molecule has 0 bridgehead atoms. The van der Waals surface area contributed by atoms with Gasteiger partial charge >= 0.3 is 0 Å². The third kappa shape index (κ3) is 2.11. The summed E-state index contributed by atoms with van der Waals surface area (Å²) in [6.07, 6.45) is 0.793. The van der Waals surface area contributed by atoms with E-state index >= 15 is 0 Å². The fraction of sp³-hybridized carbons (Fsp3) is 0.500. The average Bonchev–Trinajstić information content (AvgIpc) is 2.92. The zero-order valence-corrected chi connectivity index (χ0v) is 11.9. The molecule has 1 fully saturated rings. The van der Waals surface area contributed by atoms with Crippen molar-refractivity contribution in [2.75, 3.05) is 10.2 Å². The molecule has 9 heteroatoms. The number of hydrogen-bond acceptors (Lipinski definition) is 6. The molecule has 3 rings (SSSR count). The molecule has 0 amide bonds. The number of nitrogens with zero attached hydrogens (tertiary/aromatic N) is 3. The van der Waals surface area contributed by atoms with Crippen LogP contribution in [0.3, 0.4) is 0 Å². The summed E-state index contributed by atoms with van der Waals surface area (Å²) < 4.78 is 8.06. The van der Waals surface area contributed by atoms with Gasteiger partial charge in [0.15, 0.2) is 11.2 Å². The van der Waals surface area contributed by atoms with Gasteiger partial charge in [0.05, 0.1) is 18.5 Å². The highest BCUT2D eigenvalue weighted by atomic mass is 127. The predicted octanol–water partition coefficient (Wildman–Crippen LogP) is -0.215. The highest BCUT2D eigenvalue weighted by molar-refractivity contribution is 14.1. The van der Waals surface area contributed by atoms with Gasteiger partial charge in [0.1, 0.15) is 6.23 Å². The van der Waals surface area contributed by atoms with Crippen molar-refractivity contribution >= 4 is 39.7 Å². The van der Waals surface area contributed by atoms with Gasteiger partial charge in [-0.05, 0) is 0 Å². The topological polar surface area (TPSA) is 119 Å². The van der Waals surface area contributed by atoms with Gasteiger partial charge in [-0.25, -0.2) is 4.98 Å². The number of rotatable bonds is 2. The van der Waals surface area contributed by atoms with Gasteiger partial charge in [-0.2, -0.15) is 4.98 Å². The third-order valence-corrected chi connectivity index (χ3v) is 3.99. The standard InChI is InChI=1S/C10H12IN5O3/c11-2-5-4(17)1-6(19-5)16-3-13-7-8(16)14-10(12)15-9(7)18/h3-6,17H,1-2H2,(H3,12,14,15,18)/t4-,5+,6+/m0/s1. The molecule has 1 aliphatic rings. The Morgan fingerprint density at radius 2 is 2.47 bits per heavy atom. The second-order valence-corrected chi connectivity index (χ2v) is 5.24. The number of imidazole rings is 1. The van der Waals surface area contributed by atoms with Crippen LogP contribution in [0.25, 0.3) is 11.2 Å². The van der Waals surface area contributed by atoms with Crippen molar-refractivity contribution in [2.45, 2.75) is 24.9 Å². The van der Waals surface area contributed by atoms with Crippen molar-refractivity contribution in [2.24, 2.45) is 0 Å². The normalized spacial score (nSPS) is 27.2. The van der Waals surface area contributed by atoms with Crippen molar-refractivity contribution in [3.8, 4) is 0 Å². The Bertz CT molecular complexity index is 669. The molecule has 102 valence electrons. The van der Waals surface area contributed by atoms with Crippen LogP contribution in [0.4, 0.5) is 5.95 Å². The molecule has 3 atom stereocenters. The number of aromatic amines is 1. The Balaban J connectivity index is 2.05. The number of aromatic nitrogens is 4. The van der Waals surface area contributed by atoms with Crippen LogP contribution < -0.4 is 11.3 Å². The van der Waals surface area contributed by atoms with E-state index in [0.717, 1.165) is 0 Å². The molecule has 2 aromatic rings. The van der Waals surface area contributed by atoms with Crippen LogP contribution in [0.2, 0.25) is 0 Å². The molecule has 0 unspecified atom stereocenters. The number of H-pyrrole nitrogens is 1. The molecule has 0 aromatic carbocycles. The van der Waals surface area contributed by atoms with E-state index < -0.39 is 6.10 Å². The molecular formula is C10H12IN5O3. The molecule has 0 saturated carbocycles. The van der Waals surface area contributed by atoms with E-state index in [1.807, 2.05) is 0 Å². The minimum atomic E-state index is -0.529. The number of hydrogen-bond donors (Lipinski definition) is 3. The van der Waals surface area contributed by atoms with Gasteiger partial charge < -0.3 is 15.6 Å². The lowest BCUT2D eigenvalue weighted by molar-refractivity contribution is -0.00221. The average molecular weight is 377 g/mol. The number of ether oxygens (including phenoxy) is 1. The predicted molar refractivity (Wildman–Crippen MR) is 76.0 cm³/mol. The van der Waals surface area contributed by atoms with Crippen LogP contribution >= 0.6 is 22.6 Å². The van der Waals surface area contributed by atoms with Crippen molar-refractivity contribution in [1.29, 1.82) is 0 Å². The van der Waals surface area contributed by atoms with Crippen molar-refractivity contribution in [3.63, 3.8) is 0 Å². The number of aliphatic hydroxyl groups excluding tert-OH is 1. The summed E-state index contributed by atoms with van der Waals surface area (Å²) in [4.78, 5) is 22.2. The van der Waals surface area contributed by atoms with E-state index in [-0.39, 0.29) is 29.4 Å². The second-order valence-electron chi connectivity index (χ2n) is 4.36. The minimum absolute atomic E-state index is 0.0308. The number of aliphatic hydroxyl groups is 1. The quantitative estimate of drug-likeness (QED) is 0.492. The second kappa shape index (κ2) is 4.72. The van der Waals surface area contributed by atoms with Gasteiger partial charge in [-0.1, -0.05) is 22.6 Å². The van der Waals surface area contributed by atoms with Gasteiger partial charge in [-0.3, -0.25) is 14.3 Å². The molecule has 19 heavy (non-hydrogen) atoms. The summed E-state index contributed by atoms with van der Waals surface area (Å²) in [6, 6.07) is 0. The van der Waals surface area contributed by atoms with Crippen molar-refractivity contribution < 1.29 is 9.84 Å². The van der Waals surface area contributed by atoms with Crippen molar-refractivity contribution in [1.82, 2.24) is 19.5 Å². The zero-order chi connectivity index (χ0) is 13.6. The monoisotopic (exact) mass is 377 g/mol. The minimum Gasteiger partial charge on any atom is -0.390 e. The number of nitrogens with two attached hydrogens (primary N) is 1. The van der Waals surface area contributed by atoms with Gasteiger partial charge in [0.25, 0.3) is 5.56 Å². The van der Waals surface area contributed by atoms with Gasteiger partial charge in [-0.15, -0.1) is 0 Å². The maximum absolute atomic E-state index is 11.7. The number of alkyl halides is 1. The largest absolute Gasteiger partial charge is 0.390 e. The Labute approximate surface area is 121 Å². The Kier molecular flexibility index (Phi) is 3.19. The van der Waals surface area contributed by atoms with E-state index in [0.29, 0.717) is 16.5 Å². The number of nitrogens with one attached hydrogen (secondary N) is 1. The molecule has 8 nitrogen and oxygen atoms in total. The highest BCUT2D eigenvalue weighted by Gasteiger charge is 2.35. The lowest BCUT2D eigenvalue weighted by Crippen LogP contribution is -2.21. The van der Waals surface area contributed by atoms with Crippen LogP contribution in [-0.4, -0.2) is 41.3 Å². The number of halogens is 1. The van der Waals surface area contributed by atoms with Crippen LogP contribution in [0.1, 0.15) is 12.6 Å². The summed E-state index contributed by atoms with van der Waals surface area (Å²) in [7, 11) is 0. The first-order valence-electron chi connectivity index (χ1n) is 5.72. The lowest BCUT2D eigenvalue weighted by atomic mass is 10.2. The fourth-order valence-electron chi connectivity index (χ4n) is 2.18. The molecule has 0 spiro atoms. The molecule has 0 radical (unpaired) electrons. The Morgan fingerprint density at radius 3 is 3.16 bits per heavy atom. The van der Waals surface area contributed by atoms with E-state index in [1.165, 1.54) is 6.33 Å². The maximum atomic E-state index is 11.7. The van der Waals surface area contributed by atoms with Crippen LogP contribution in [-0.2, 0) is 4.74 Å². The van der Waals surface area contributed by atoms with E-state index in [9.17, 15) is 9.90 Å². The number of fused-ring (bicyclic) bond motifs is 1. The molecule has 2 aromatic heterocycles.